The molecule has 1 aromatic rings. The van der Waals surface area contributed by atoms with Crippen molar-refractivity contribution in [1.82, 2.24) is 5.32 Å². The summed E-state index contributed by atoms with van der Waals surface area (Å²) < 4.78 is 10.7. The molecule has 26 heavy (non-hydrogen) atoms. The van der Waals surface area contributed by atoms with Crippen LogP contribution in [0.3, 0.4) is 0 Å². The second-order valence-electron chi connectivity index (χ2n) is 6.96. The molecule has 1 fully saturated rings. The number of benzene rings is 1. The number of rotatable bonds is 8. The van der Waals surface area contributed by atoms with Crippen molar-refractivity contribution in [3.8, 4) is 5.75 Å². The van der Waals surface area contributed by atoms with Gasteiger partial charge in [-0.3, -0.25) is 9.59 Å². The van der Waals surface area contributed by atoms with E-state index >= 15 is 0 Å². The molecule has 1 aliphatic carbocycles. The van der Waals surface area contributed by atoms with Gasteiger partial charge in [-0.05, 0) is 55.9 Å². The summed E-state index contributed by atoms with van der Waals surface area (Å²) in [4.78, 5) is 23.7. The molecule has 0 saturated heterocycles. The molecule has 0 spiro atoms. The van der Waals surface area contributed by atoms with Crippen molar-refractivity contribution in [3.63, 3.8) is 0 Å². The van der Waals surface area contributed by atoms with Gasteiger partial charge in [-0.25, -0.2) is 0 Å². The summed E-state index contributed by atoms with van der Waals surface area (Å²) in [5.74, 6) is 0.638. The summed E-state index contributed by atoms with van der Waals surface area (Å²) in [5.41, 5.74) is 0.952. The highest BCUT2D eigenvalue weighted by Gasteiger charge is 2.23. The van der Waals surface area contributed by atoms with E-state index in [0.29, 0.717) is 24.0 Å². The Morgan fingerprint density at radius 2 is 2.04 bits per heavy atom. The molecule has 0 unspecified atom stereocenters. The Kier molecular flexibility index (Phi) is 8.23. The predicted octanol–water partition coefficient (Wildman–Crippen LogP) is 4.05. The number of carbonyl (C=O) groups is 2. The van der Waals surface area contributed by atoms with Crippen LogP contribution in [0.5, 0.6) is 5.75 Å². The summed E-state index contributed by atoms with van der Waals surface area (Å²) in [6.45, 7) is 4.27. The highest BCUT2D eigenvalue weighted by Crippen LogP contribution is 2.23. The molecule has 0 aromatic heterocycles. The zero-order valence-corrected chi connectivity index (χ0v) is 16.3. The van der Waals surface area contributed by atoms with Crippen LogP contribution in [-0.4, -0.2) is 31.1 Å². The molecular formula is C20H28ClNO4. The van der Waals surface area contributed by atoms with Crippen LogP contribution in [0.15, 0.2) is 18.2 Å². The van der Waals surface area contributed by atoms with E-state index in [0.717, 1.165) is 30.6 Å². The van der Waals surface area contributed by atoms with Crippen molar-refractivity contribution >= 4 is 23.5 Å². The molecule has 1 saturated carbocycles. The molecular weight excluding hydrogens is 354 g/mol. The SMILES string of the molecule is Cc1cc(Cl)ccc1OCCCC(=O)OCC(=O)N[C@@H]1CCCC[C@H]1C. The average Bonchev–Trinajstić information content (AvgIpc) is 2.60. The summed E-state index contributed by atoms with van der Waals surface area (Å²) in [6, 6.07) is 5.61. The first-order valence-corrected chi connectivity index (χ1v) is 9.67. The fraction of sp³-hybridized carbons (Fsp3) is 0.600. The van der Waals surface area contributed by atoms with Crippen LogP contribution in [0.25, 0.3) is 0 Å². The van der Waals surface area contributed by atoms with E-state index in [1.807, 2.05) is 19.1 Å². The summed E-state index contributed by atoms with van der Waals surface area (Å²) >= 11 is 5.90. The van der Waals surface area contributed by atoms with E-state index in [-0.39, 0.29) is 30.9 Å². The van der Waals surface area contributed by atoms with Crippen LogP contribution in [0.2, 0.25) is 5.02 Å². The van der Waals surface area contributed by atoms with Crippen molar-refractivity contribution in [1.29, 1.82) is 0 Å². The maximum Gasteiger partial charge on any atom is 0.306 e. The largest absolute Gasteiger partial charge is 0.493 e. The first kappa shape index (κ1) is 20.6. The summed E-state index contributed by atoms with van der Waals surface area (Å²) in [5, 5.41) is 3.64. The van der Waals surface area contributed by atoms with Crippen molar-refractivity contribution in [3.05, 3.63) is 28.8 Å². The lowest BCUT2D eigenvalue weighted by molar-refractivity contribution is -0.149. The molecule has 0 radical (unpaired) electrons. The molecule has 1 aromatic carbocycles. The predicted molar refractivity (Wildman–Crippen MR) is 101 cm³/mol. The van der Waals surface area contributed by atoms with Gasteiger partial charge in [0.05, 0.1) is 6.61 Å². The Bertz CT molecular complexity index is 620. The van der Waals surface area contributed by atoms with Crippen molar-refractivity contribution in [2.45, 2.75) is 58.4 Å². The number of amides is 1. The van der Waals surface area contributed by atoms with E-state index in [4.69, 9.17) is 21.1 Å². The number of carbonyl (C=O) groups excluding carboxylic acids is 2. The molecule has 2 atom stereocenters. The Hall–Kier alpha value is -1.75. The van der Waals surface area contributed by atoms with Crippen LogP contribution < -0.4 is 10.1 Å². The molecule has 1 amide bonds. The summed E-state index contributed by atoms with van der Waals surface area (Å²) in [6.07, 6.45) is 5.25. The Labute approximate surface area is 160 Å². The number of aryl methyl sites for hydroxylation is 1. The third-order valence-corrected chi connectivity index (χ3v) is 4.98. The fourth-order valence-corrected chi connectivity index (χ4v) is 3.40. The van der Waals surface area contributed by atoms with Gasteiger partial charge in [-0.15, -0.1) is 0 Å². The summed E-state index contributed by atoms with van der Waals surface area (Å²) in [7, 11) is 0. The molecule has 1 N–H and O–H groups in total. The second-order valence-corrected chi connectivity index (χ2v) is 7.39. The lowest BCUT2D eigenvalue weighted by Gasteiger charge is -2.29. The molecule has 1 aliphatic rings. The minimum atomic E-state index is -0.381. The lowest BCUT2D eigenvalue weighted by atomic mass is 9.86. The third kappa shape index (κ3) is 6.87. The number of hydrogen-bond donors (Lipinski definition) is 1. The first-order chi connectivity index (χ1) is 12.5. The van der Waals surface area contributed by atoms with Gasteiger partial charge in [0.1, 0.15) is 5.75 Å². The number of halogens is 1. The van der Waals surface area contributed by atoms with Gasteiger partial charge in [-0.1, -0.05) is 31.4 Å². The fourth-order valence-electron chi connectivity index (χ4n) is 3.17. The highest BCUT2D eigenvalue weighted by atomic mass is 35.5. The average molecular weight is 382 g/mol. The van der Waals surface area contributed by atoms with E-state index in [1.54, 1.807) is 6.07 Å². The van der Waals surface area contributed by atoms with Crippen molar-refractivity contribution < 1.29 is 19.1 Å². The minimum Gasteiger partial charge on any atom is -0.493 e. The van der Waals surface area contributed by atoms with Crippen LogP contribution in [0.1, 0.15) is 51.0 Å². The zero-order valence-electron chi connectivity index (χ0n) is 15.6. The van der Waals surface area contributed by atoms with Gasteiger partial charge in [0.2, 0.25) is 0 Å². The maximum atomic E-state index is 11.9. The molecule has 0 aliphatic heterocycles. The first-order valence-electron chi connectivity index (χ1n) is 9.29. The van der Waals surface area contributed by atoms with Crippen LogP contribution in [0.4, 0.5) is 0 Å². The Morgan fingerprint density at radius 3 is 2.77 bits per heavy atom. The van der Waals surface area contributed by atoms with E-state index in [9.17, 15) is 9.59 Å². The Balaban J connectivity index is 1.59. The molecule has 6 heteroatoms. The second kappa shape index (κ2) is 10.4. The van der Waals surface area contributed by atoms with E-state index in [2.05, 4.69) is 12.2 Å². The number of esters is 1. The van der Waals surface area contributed by atoms with Gasteiger partial charge in [-0.2, -0.15) is 0 Å². The normalized spacial score (nSPS) is 19.7. The van der Waals surface area contributed by atoms with Gasteiger partial charge in [0.25, 0.3) is 5.91 Å². The van der Waals surface area contributed by atoms with Gasteiger partial charge >= 0.3 is 5.97 Å². The molecule has 2 rings (SSSR count). The topological polar surface area (TPSA) is 64.6 Å². The zero-order chi connectivity index (χ0) is 18.9. The van der Waals surface area contributed by atoms with Crippen molar-refractivity contribution in [2.24, 2.45) is 5.92 Å². The monoisotopic (exact) mass is 381 g/mol. The highest BCUT2D eigenvalue weighted by molar-refractivity contribution is 6.30. The van der Waals surface area contributed by atoms with E-state index < -0.39 is 0 Å². The quantitative estimate of drug-likeness (QED) is 0.545. The lowest BCUT2D eigenvalue weighted by Crippen LogP contribution is -2.42. The number of ether oxygens (including phenoxy) is 2. The van der Waals surface area contributed by atoms with E-state index in [1.165, 1.54) is 6.42 Å². The molecule has 0 bridgehead atoms. The Morgan fingerprint density at radius 1 is 1.27 bits per heavy atom. The minimum absolute atomic E-state index is 0.200. The van der Waals surface area contributed by atoms with Crippen molar-refractivity contribution in [2.75, 3.05) is 13.2 Å². The molecule has 5 nitrogen and oxygen atoms in total. The standard InChI is InChI=1S/C20H28ClNO4/c1-14-6-3-4-7-17(14)22-19(23)13-26-20(24)8-5-11-25-18-10-9-16(21)12-15(18)2/h9-10,12,14,17H,3-8,11,13H2,1-2H3,(H,22,23)/t14-,17-/m1/s1. The van der Waals surface area contributed by atoms with Crippen LogP contribution in [0, 0.1) is 12.8 Å². The smallest absolute Gasteiger partial charge is 0.306 e. The molecule has 144 valence electrons. The van der Waals surface area contributed by atoms with Crippen LogP contribution in [-0.2, 0) is 14.3 Å². The number of hydrogen-bond acceptors (Lipinski definition) is 4. The maximum absolute atomic E-state index is 11.9. The van der Waals surface area contributed by atoms with Gasteiger partial charge < -0.3 is 14.8 Å². The number of nitrogens with one attached hydrogen (secondary N) is 1. The van der Waals surface area contributed by atoms with Gasteiger partial charge in [0, 0.05) is 17.5 Å². The van der Waals surface area contributed by atoms with Gasteiger partial charge in [0.15, 0.2) is 6.61 Å². The van der Waals surface area contributed by atoms with Crippen LogP contribution >= 0.6 is 11.6 Å². The molecule has 0 heterocycles. The third-order valence-electron chi connectivity index (χ3n) is 4.74.